The number of nitrogens with zero attached hydrogens (tertiary/aromatic N) is 2. The smallest absolute Gasteiger partial charge is 0.267 e. The number of carbonyl (C=O) groups excluding carboxylic acids is 1. The van der Waals surface area contributed by atoms with Crippen LogP contribution in [0.5, 0.6) is 0 Å². The number of amides is 1. The predicted molar refractivity (Wildman–Crippen MR) is 100 cm³/mol. The van der Waals surface area contributed by atoms with Crippen molar-refractivity contribution in [2.24, 2.45) is 0 Å². The Morgan fingerprint density at radius 2 is 1.72 bits per heavy atom. The Hall–Kier alpha value is -3.40. The molecule has 0 unspecified atom stereocenters. The molecule has 0 spiro atoms. The van der Waals surface area contributed by atoms with Crippen LogP contribution >= 0.6 is 0 Å². The summed E-state index contributed by atoms with van der Waals surface area (Å²) in [6, 6.07) is 10.9. The van der Waals surface area contributed by atoms with Gasteiger partial charge in [-0.15, -0.1) is 0 Å². The number of hydrogen-bond acceptors (Lipinski definition) is 5. The summed E-state index contributed by atoms with van der Waals surface area (Å²) < 4.78 is 52.3. The van der Waals surface area contributed by atoms with E-state index in [9.17, 15) is 26.8 Å². The Kier molecular flexibility index (Phi) is 5.55. The van der Waals surface area contributed by atoms with Gasteiger partial charge in [0.05, 0.1) is 4.90 Å². The van der Waals surface area contributed by atoms with Crippen molar-refractivity contribution in [2.75, 3.05) is 5.32 Å². The molecule has 29 heavy (non-hydrogen) atoms. The molecule has 1 heterocycles. The Morgan fingerprint density at radius 3 is 2.38 bits per heavy atom. The Balaban J connectivity index is 1.85. The lowest BCUT2D eigenvalue weighted by Crippen LogP contribution is -2.30. The van der Waals surface area contributed by atoms with E-state index in [2.05, 4.69) is 10.4 Å². The zero-order valence-corrected chi connectivity index (χ0v) is 15.9. The lowest BCUT2D eigenvalue weighted by atomic mass is 10.2. The van der Waals surface area contributed by atoms with Crippen molar-refractivity contribution in [2.45, 2.75) is 23.4 Å². The number of nitrogens with one attached hydrogen (secondary N) is 1. The SMILES string of the molecule is Cc1ccc(S(=O)(=O)c2ccc(=O)n(CC(=O)Nc3ccc(F)c(F)c3)n2)cc1. The second-order valence-electron chi connectivity index (χ2n) is 6.16. The van der Waals surface area contributed by atoms with Gasteiger partial charge in [-0.05, 0) is 37.3 Å². The minimum absolute atomic E-state index is 0.00737. The molecule has 2 aromatic carbocycles. The molecule has 0 atom stereocenters. The van der Waals surface area contributed by atoms with Gasteiger partial charge in [-0.3, -0.25) is 9.59 Å². The summed E-state index contributed by atoms with van der Waals surface area (Å²) in [4.78, 5) is 24.1. The van der Waals surface area contributed by atoms with Gasteiger partial charge in [0.15, 0.2) is 16.7 Å². The molecule has 0 saturated carbocycles. The Bertz CT molecular complexity index is 1240. The minimum Gasteiger partial charge on any atom is -0.324 e. The number of benzene rings is 2. The molecule has 0 fully saturated rings. The van der Waals surface area contributed by atoms with Crippen LogP contribution in [0.1, 0.15) is 5.56 Å². The maximum atomic E-state index is 13.2. The number of halogens is 2. The van der Waals surface area contributed by atoms with Crippen LogP contribution in [0.4, 0.5) is 14.5 Å². The fourth-order valence-electron chi connectivity index (χ4n) is 2.44. The third-order valence-electron chi connectivity index (χ3n) is 3.95. The van der Waals surface area contributed by atoms with Crippen molar-refractivity contribution >= 4 is 21.4 Å². The van der Waals surface area contributed by atoms with Crippen LogP contribution in [0.2, 0.25) is 0 Å². The summed E-state index contributed by atoms with van der Waals surface area (Å²) in [6.07, 6.45) is 0. The molecule has 7 nitrogen and oxygen atoms in total. The van der Waals surface area contributed by atoms with Gasteiger partial charge in [-0.25, -0.2) is 21.9 Å². The van der Waals surface area contributed by atoms with Crippen molar-refractivity contribution in [3.63, 3.8) is 0 Å². The highest BCUT2D eigenvalue weighted by Crippen LogP contribution is 2.18. The molecule has 3 aromatic rings. The Labute approximate surface area is 164 Å². The van der Waals surface area contributed by atoms with E-state index < -0.39 is 44.5 Å². The van der Waals surface area contributed by atoms with Crippen LogP contribution in [0.3, 0.4) is 0 Å². The van der Waals surface area contributed by atoms with Gasteiger partial charge < -0.3 is 5.32 Å². The molecule has 0 radical (unpaired) electrons. The van der Waals surface area contributed by atoms with Gasteiger partial charge in [0.1, 0.15) is 6.54 Å². The summed E-state index contributed by atoms with van der Waals surface area (Å²) in [5.41, 5.74) is 0.148. The van der Waals surface area contributed by atoms with Crippen molar-refractivity contribution in [3.8, 4) is 0 Å². The highest BCUT2D eigenvalue weighted by molar-refractivity contribution is 7.91. The summed E-state index contributed by atoms with van der Waals surface area (Å²) in [5, 5.41) is 5.66. The topological polar surface area (TPSA) is 98.1 Å². The number of carbonyl (C=O) groups is 1. The lowest BCUT2D eigenvalue weighted by Gasteiger charge is -2.09. The van der Waals surface area contributed by atoms with E-state index in [1.807, 2.05) is 0 Å². The van der Waals surface area contributed by atoms with E-state index in [0.29, 0.717) is 4.68 Å². The van der Waals surface area contributed by atoms with Crippen LogP contribution in [0, 0.1) is 18.6 Å². The van der Waals surface area contributed by atoms with Crippen molar-refractivity contribution in [3.05, 3.63) is 82.1 Å². The second-order valence-corrected chi connectivity index (χ2v) is 8.06. The molecule has 1 aromatic heterocycles. The van der Waals surface area contributed by atoms with Crippen molar-refractivity contribution < 1.29 is 22.0 Å². The minimum atomic E-state index is -3.99. The molecule has 150 valence electrons. The van der Waals surface area contributed by atoms with Crippen LogP contribution in [-0.4, -0.2) is 24.1 Å². The lowest BCUT2D eigenvalue weighted by molar-refractivity contribution is -0.117. The van der Waals surface area contributed by atoms with E-state index in [1.165, 1.54) is 12.1 Å². The number of aryl methyl sites for hydroxylation is 1. The van der Waals surface area contributed by atoms with Crippen molar-refractivity contribution in [1.29, 1.82) is 0 Å². The van der Waals surface area contributed by atoms with Gasteiger partial charge in [0.25, 0.3) is 5.56 Å². The monoisotopic (exact) mass is 419 g/mol. The van der Waals surface area contributed by atoms with Gasteiger partial charge in [0, 0.05) is 17.8 Å². The van der Waals surface area contributed by atoms with E-state index in [4.69, 9.17) is 0 Å². The summed E-state index contributed by atoms with van der Waals surface area (Å²) in [6.45, 7) is 1.19. The quantitative estimate of drug-likeness (QED) is 0.684. The number of hydrogen-bond donors (Lipinski definition) is 1. The molecule has 0 saturated heterocycles. The zero-order valence-electron chi connectivity index (χ0n) is 15.1. The first-order valence-corrected chi connectivity index (χ1v) is 9.80. The Morgan fingerprint density at radius 1 is 1.03 bits per heavy atom. The molecule has 0 aliphatic carbocycles. The molecule has 1 amide bonds. The number of aromatic nitrogens is 2. The van der Waals surface area contributed by atoms with E-state index in [-0.39, 0.29) is 10.6 Å². The second kappa shape index (κ2) is 7.92. The van der Waals surface area contributed by atoms with Crippen LogP contribution in [0.25, 0.3) is 0 Å². The molecule has 0 bridgehead atoms. The van der Waals surface area contributed by atoms with Crippen molar-refractivity contribution in [1.82, 2.24) is 9.78 Å². The van der Waals surface area contributed by atoms with Gasteiger partial charge >= 0.3 is 0 Å². The molecule has 3 rings (SSSR count). The largest absolute Gasteiger partial charge is 0.324 e. The molecule has 0 aliphatic heterocycles. The van der Waals surface area contributed by atoms with E-state index in [0.717, 1.165) is 35.9 Å². The van der Waals surface area contributed by atoms with Crippen LogP contribution in [-0.2, 0) is 21.2 Å². The highest BCUT2D eigenvalue weighted by Gasteiger charge is 2.21. The van der Waals surface area contributed by atoms with Crippen LogP contribution < -0.4 is 10.9 Å². The maximum Gasteiger partial charge on any atom is 0.267 e. The molecule has 10 heteroatoms. The molecule has 1 N–H and O–H groups in total. The average molecular weight is 419 g/mol. The van der Waals surface area contributed by atoms with Gasteiger partial charge in [-0.1, -0.05) is 17.7 Å². The first kappa shape index (κ1) is 20.3. The fraction of sp³-hybridized carbons (Fsp3) is 0.105. The number of anilines is 1. The third kappa shape index (κ3) is 4.54. The fourth-order valence-corrected chi connectivity index (χ4v) is 3.62. The molecular weight excluding hydrogens is 404 g/mol. The number of sulfone groups is 1. The van der Waals surface area contributed by atoms with E-state index in [1.54, 1.807) is 19.1 Å². The summed E-state index contributed by atoms with van der Waals surface area (Å²) in [5.74, 6) is -2.99. The summed E-state index contributed by atoms with van der Waals surface area (Å²) >= 11 is 0. The normalized spacial score (nSPS) is 11.3. The zero-order chi connectivity index (χ0) is 21.2. The third-order valence-corrected chi connectivity index (χ3v) is 5.61. The highest BCUT2D eigenvalue weighted by atomic mass is 32.2. The first-order chi connectivity index (χ1) is 13.7. The van der Waals surface area contributed by atoms with E-state index >= 15 is 0 Å². The van der Waals surface area contributed by atoms with Gasteiger partial charge in [0.2, 0.25) is 15.7 Å². The first-order valence-electron chi connectivity index (χ1n) is 8.31. The maximum absolute atomic E-state index is 13.2. The predicted octanol–water partition coefficient (Wildman–Crippen LogP) is 2.30. The molecular formula is C19H15F2N3O4S. The van der Waals surface area contributed by atoms with Gasteiger partial charge in [-0.2, -0.15) is 5.10 Å². The summed E-state index contributed by atoms with van der Waals surface area (Å²) in [7, 11) is -3.99. The standard InChI is InChI=1S/C19H15F2N3O4S/c1-12-2-5-14(6-3-12)29(27,28)18-8-9-19(26)24(23-18)11-17(25)22-13-4-7-15(20)16(21)10-13/h2-10H,11H2,1H3,(H,22,25). The average Bonchev–Trinajstić information content (AvgIpc) is 2.66. The van der Waals surface area contributed by atoms with Crippen LogP contribution in [0.15, 0.2) is 69.3 Å². The number of rotatable bonds is 5. The molecule has 0 aliphatic rings.